The highest BCUT2D eigenvalue weighted by molar-refractivity contribution is 6.04. The van der Waals surface area contributed by atoms with E-state index in [1.807, 2.05) is 6.07 Å². The summed E-state index contributed by atoms with van der Waals surface area (Å²) in [5.74, 6) is 1.05. The predicted molar refractivity (Wildman–Crippen MR) is 121 cm³/mol. The Bertz CT molecular complexity index is 1140. The van der Waals surface area contributed by atoms with Gasteiger partial charge in [-0.3, -0.25) is 5.32 Å². The van der Waals surface area contributed by atoms with Gasteiger partial charge in [-0.1, -0.05) is 0 Å². The van der Waals surface area contributed by atoms with Gasteiger partial charge in [-0.05, 0) is 58.7 Å². The molecule has 4 N–H and O–H groups in total. The van der Waals surface area contributed by atoms with Crippen LogP contribution in [0.1, 0.15) is 46.1 Å². The number of benzene rings is 1. The highest BCUT2D eigenvalue weighted by Gasteiger charge is 2.24. The van der Waals surface area contributed by atoms with Crippen LogP contribution in [0.25, 0.3) is 11.1 Å². The molecule has 0 saturated heterocycles. The summed E-state index contributed by atoms with van der Waals surface area (Å²) in [5, 5.41) is 17.3. The third-order valence-corrected chi connectivity index (χ3v) is 4.54. The highest BCUT2D eigenvalue weighted by atomic mass is 16.6. The fraction of sp³-hybridized carbons (Fsp3) is 0.364. The summed E-state index contributed by atoms with van der Waals surface area (Å²) in [6, 6.07) is 7.50. The minimum Gasteiger partial charge on any atom is -0.459 e. The number of amides is 1. The largest absolute Gasteiger partial charge is 0.459 e. The molecule has 2 heterocycles. The van der Waals surface area contributed by atoms with Crippen molar-refractivity contribution < 1.29 is 13.9 Å². The molecule has 1 amide bonds. The Morgan fingerprint density at radius 1 is 1.23 bits per heavy atom. The fourth-order valence-corrected chi connectivity index (χ4v) is 3.03. The first-order valence-electron chi connectivity index (χ1n) is 10.2. The summed E-state index contributed by atoms with van der Waals surface area (Å²) in [6.45, 7) is 7.05. The van der Waals surface area contributed by atoms with Gasteiger partial charge in [0.15, 0.2) is 11.4 Å². The van der Waals surface area contributed by atoms with Gasteiger partial charge < -0.3 is 25.2 Å². The van der Waals surface area contributed by atoms with Crippen molar-refractivity contribution in [3.63, 3.8) is 0 Å². The molecule has 1 aromatic carbocycles. The molecule has 1 aliphatic carbocycles. The van der Waals surface area contributed by atoms with E-state index in [0.29, 0.717) is 51.6 Å². The second kappa shape index (κ2) is 7.90. The van der Waals surface area contributed by atoms with Crippen molar-refractivity contribution in [2.75, 3.05) is 16.0 Å². The van der Waals surface area contributed by atoms with Crippen molar-refractivity contribution in [3.05, 3.63) is 36.1 Å². The van der Waals surface area contributed by atoms with Crippen LogP contribution in [0.15, 0.2) is 34.9 Å². The number of ether oxygens (including phenoxy) is 1. The fourth-order valence-electron chi connectivity index (χ4n) is 3.03. The van der Waals surface area contributed by atoms with Crippen LogP contribution in [0.4, 0.5) is 27.9 Å². The van der Waals surface area contributed by atoms with Crippen LogP contribution < -0.4 is 16.0 Å². The van der Waals surface area contributed by atoms with E-state index in [1.54, 1.807) is 52.2 Å². The zero-order valence-corrected chi connectivity index (χ0v) is 18.0. The zero-order valence-electron chi connectivity index (χ0n) is 18.0. The molecule has 1 fully saturated rings. The van der Waals surface area contributed by atoms with Crippen LogP contribution in [0.2, 0.25) is 0 Å². The molecule has 162 valence electrons. The number of nitrogens with one attached hydrogen (secondary N) is 4. The quantitative estimate of drug-likeness (QED) is 0.398. The van der Waals surface area contributed by atoms with Gasteiger partial charge in [0, 0.05) is 29.1 Å². The summed E-state index contributed by atoms with van der Waals surface area (Å²) >= 11 is 0. The predicted octanol–water partition coefficient (Wildman–Crippen LogP) is 5.28. The number of aromatic nitrogens is 2. The number of carbonyl (C=O) groups excluding carboxylic acids is 1. The van der Waals surface area contributed by atoms with Gasteiger partial charge in [-0.25, -0.2) is 9.78 Å². The Balaban J connectivity index is 1.61. The SMILES string of the molecule is CC(=N)c1ccc(Nc2nc(NC3CC3)c3occc3n2)cc1NC(=O)OC(C)(C)C. The van der Waals surface area contributed by atoms with Gasteiger partial charge in [-0.2, -0.15) is 4.98 Å². The first kappa shape index (κ1) is 20.6. The average molecular weight is 422 g/mol. The number of carbonyl (C=O) groups is 1. The first-order chi connectivity index (χ1) is 14.7. The van der Waals surface area contributed by atoms with Crippen molar-refractivity contribution >= 4 is 46.0 Å². The third-order valence-electron chi connectivity index (χ3n) is 4.54. The summed E-state index contributed by atoms with van der Waals surface area (Å²) < 4.78 is 10.9. The number of hydrogen-bond donors (Lipinski definition) is 4. The molecular weight excluding hydrogens is 396 g/mol. The second-order valence-corrected chi connectivity index (χ2v) is 8.59. The molecule has 1 saturated carbocycles. The Morgan fingerprint density at radius 3 is 2.68 bits per heavy atom. The Labute approximate surface area is 180 Å². The maximum atomic E-state index is 12.3. The van der Waals surface area contributed by atoms with E-state index in [-0.39, 0.29) is 0 Å². The van der Waals surface area contributed by atoms with E-state index in [4.69, 9.17) is 14.6 Å². The first-order valence-corrected chi connectivity index (χ1v) is 10.2. The Morgan fingerprint density at radius 2 is 2.00 bits per heavy atom. The van der Waals surface area contributed by atoms with Gasteiger partial charge in [0.25, 0.3) is 0 Å². The lowest BCUT2D eigenvalue weighted by molar-refractivity contribution is 0.0636. The molecule has 0 bridgehead atoms. The van der Waals surface area contributed by atoms with Gasteiger partial charge in [-0.15, -0.1) is 0 Å². The smallest absolute Gasteiger partial charge is 0.412 e. The normalized spacial score (nSPS) is 13.7. The lowest BCUT2D eigenvalue weighted by atomic mass is 10.1. The molecule has 0 radical (unpaired) electrons. The van der Waals surface area contributed by atoms with Gasteiger partial charge in [0.2, 0.25) is 5.95 Å². The maximum Gasteiger partial charge on any atom is 0.412 e. The van der Waals surface area contributed by atoms with Gasteiger partial charge in [0.05, 0.1) is 12.0 Å². The summed E-state index contributed by atoms with van der Waals surface area (Å²) in [7, 11) is 0. The molecule has 0 unspecified atom stereocenters. The topological polar surface area (TPSA) is 125 Å². The number of furan rings is 1. The molecular formula is C22H26N6O3. The number of nitrogens with zero attached hydrogens (tertiary/aromatic N) is 2. The van der Waals surface area contributed by atoms with Crippen molar-refractivity contribution in [3.8, 4) is 0 Å². The van der Waals surface area contributed by atoms with E-state index in [2.05, 4.69) is 25.9 Å². The molecule has 2 aromatic heterocycles. The summed E-state index contributed by atoms with van der Waals surface area (Å²) in [4.78, 5) is 21.3. The second-order valence-electron chi connectivity index (χ2n) is 8.59. The van der Waals surface area contributed by atoms with Crippen LogP contribution in [0.3, 0.4) is 0 Å². The monoisotopic (exact) mass is 422 g/mol. The zero-order chi connectivity index (χ0) is 22.2. The lowest BCUT2D eigenvalue weighted by Crippen LogP contribution is -2.27. The Hall–Kier alpha value is -3.62. The minimum atomic E-state index is -0.626. The third kappa shape index (κ3) is 5.11. The van der Waals surface area contributed by atoms with Crippen molar-refractivity contribution in [1.82, 2.24) is 9.97 Å². The van der Waals surface area contributed by atoms with Crippen molar-refractivity contribution in [2.45, 2.75) is 52.2 Å². The minimum absolute atomic E-state index is 0.324. The average Bonchev–Trinajstić information content (AvgIpc) is 3.33. The number of fused-ring (bicyclic) bond motifs is 1. The van der Waals surface area contributed by atoms with Crippen molar-refractivity contribution in [2.24, 2.45) is 0 Å². The van der Waals surface area contributed by atoms with E-state index < -0.39 is 11.7 Å². The molecule has 0 atom stereocenters. The Kier molecular flexibility index (Phi) is 5.26. The molecule has 3 aromatic rings. The lowest BCUT2D eigenvalue weighted by Gasteiger charge is -2.20. The molecule has 9 heteroatoms. The van der Waals surface area contributed by atoms with Crippen LogP contribution in [-0.4, -0.2) is 33.4 Å². The van der Waals surface area contributed by atoms with E-state index in [1.165, 1.54) is 0 Å². The van der Waals surface area contributed by atoms with E-state index >= 15 is 0 Å². The summed E-state index contributed by atoms with van der Waals surface area (Å²) in [6.07, 6.45) is 3.23. The number of hydrogen-bond acceptors (Lipinski definition) is 8. The van der Waals surface area contributed by atoms with Crippen LogP contribution in [-0.2, 0) is 4.74 Å². The standard InChI is InChI=1S/C22H26N6O3/c1-12(23)15-8-7-14(11-17(15)27-21(29)31-22(2,3)4)25-20-26-16-9-10-30-18(16)19(28-20)24-13-5-6-13/h7-11,13,23H,5-6H2,1-4H3,(H,27,29)(H2,24,25,26,28). The highest BCUT2D eigenvalue weighted by Crippen LogP contribution is 2.30. The number of rotatable bonds is 6. The van der Waals surface area contributed by atoms with Crippen LogP contribution in [0, 0.1) is 5.41 Å². The molecule has 9 nitrogen and oxygen atoms in total. The van der Waals surface area contributed by atoms with E-state index in [9.17, 15) is 4.79 Å². The summed E-state index contributed by atoms with van der Waals surface area (Å²) in [5.41, 5.74) is 2.74. The number of anilines is 4. The maximum absolute atomic E-state index is 12.3. The molecule has 0 spiro atoms. The van der Waals surface area contributed by atoms with E-state index in [0.717, 1.165) is 12.8 Å². The molecule has 0 aliphatic heterocycles. The molecule has 31 heavy (non-hydrogen) atoms. The van der Waals surface area contributed by atoms with Crippen molar-refractivity contribution in [1.29, 1.82) is 5.41 Å². The molecule has 1 aliphatic rings. The van der Waals surface area contributed by atoms with Crippen LogP contribution >= 0.6 is 0 Å². The van der Waals surface area contributed by atoms with Crippen LogP contribution in [0.5, 0.6) is 0 Å². The van der Waals surface area contributed by atoms with Gasteiger partial charge in [0.1, 0.15) is 11.1 Å². The molecule has 4 rings (SSSR count). The van der Waals surface area contributed by atoms with Gasteiger partial charge >= 0.3 is 6.09 Å².